The van der Waals surface area contributed by atoms with Gasteiger partial charge < -0.3 is 10.1 Å². The van der Waals surface area contributed by atoms with Gasteiger partial charge in [0.1, 0.15) is 17.4 Å². The van der Waals surface area contributed by atoms with E-state index < -0.39 is 17.7 Å². The van der Waals surface area contributed by atoms with E-state index in [9.17, 15) is 8.78 Å². The van der Waals surface area contributed by atoms with E-state index in [1.165, 1.54) is 19.2 Å². The predicted molar refractivity (Wildman–Crippen MR) is 78.0 cm³/mol. The summed E-state index contributed by atoms with van der Waals surface area (Å²) in [5, 5.41) is 2.94. The van der Waals surface area contributed by atoms with Crippen LogP contribution < -0.4 is 10.1 Å². The molecular formula is C15H14BrF2NO. The second-order valence-corrected chi connectivity index (χ2v) is 5.07. The zero-order chi connectivity index (χ0) is 14.7. The molecule has 1 N–H and O–H groups in total. The molecule has 0 heterocycles. The molecule has 5 heteroatoms. The highest BCUT2D eigenvalue weighted by Gasteiger charge is 2.24. The topological polar surface area (TPSA) is 21.3 Å². The van der Waals surface area contributed by atoms with Gasteiger partial charge in [0.05, 0.1) is 17.6 Å². The van der Waals surface area contributed by atoms with Gasteiger partial charge in [-0.15, -0.1) is 0 Å². The van der Waals surface area contributed by atoms with E-state index in [0.29, 0.717) is 11.3 Å². The first-order valence-electron chi connectivity index (χ1n) is 6.03. The average Bonchev–Trinajstić information content (AvgIpc) is 2.47. The summed E-state index contributed by atoms with van der Waals surface area (Å²) in [7, 11) is 3.18. The Kier molecular flexibility index (Phi) is 4.73. The van der Waals surface area contributed by atoms with Crippen molar-refractivity contribution in [3.63, 3.8) is 0 Å². The first kappa shape index (κ1) is 14.9. The van der Waals surface area contributed by atoms with Gasteiger partial charge >= 0.3 is 0 Å². The average molecular weight is 342 g/mol. The van der Waals surface area contributed by atoms with Crippen LogP contribution >= 0.6 is 15.9 Å². The molecule has 2 nitrogen and oxygen atoms in total. The van der Waals surface area contributed by atoms with Crippen molar-refractivity contribution in [3.8, 4) is 5.75 Å². The summed E-state index contributed by atoms with van der Waals surface area (Å²) in [5.74, 6) is -0.642. The Bertz CT molecular complexity index is 619. The van der Waals surface area contributed by atoms with Gasteiger partial charge in [0.25, 0.3) is 0 Å². The first-order chi connectivity index (χ1) is 9.60. The van der Waals surface area contributed by atoms with Crippen LogP contribution in [0.5, 0.6) is 5.75 Å². The summed E-state index contributed by atoms with van der Waals surface area (Å²) in [5.41, 5.74) is 0.639. The number of benzene rings is 2. The highest BCUT2D eigenvalue weighted by molar-refractivity contribution is 9.10. The largest absolute Gasteiger partial charge is 0.496 e. The fraction of sp³-hybridized carbons (Fsp3) is 0.200. The molecule has 0 spiro atoms. The van der Waals surface area contributed by atoms with Crippen molar-refractivity contribution in [3.05, 3.63) is 63.6 Å². The number of nitrogens with one attached hydrogen (secondary N) is 1. The van der Waals surface area contributed by atoms with Gasteiger partial charge in [0.15, 0.2) is 0 Å². The molecule has 2 aromatic carbocycles. The van der Waals surface area contributed by atoms with Gasteiger partial charge in [-0.05, 0) is 41.2 Å². The molecule has 0 aromatic heterocycles. The molecule has 0 aliphatic rings. The SMILES string of the molecule is CNC(c1ccccc1OC)c1c(F)ccc(Br)c1F. The van der Waals surface area contributed by atoms with E-state index in [4.69, 9.17) is 4.74 Å². The number of ether oxygens (including phenoxy) is 1. The third-order valence-corrected chi connectivity index (χ3v) is 3.72. The molecule has 0 fully saturated rings. The molecule has 20 heavy (non-hydrogen) atoms. The number of hydrogen-bond acceptors (Lipinski definition) is 2. The van der Waals surface area contributed by atoms with Crippen LogP contribution in [0.25, 0.3) is 0 Å². The molecule has 0 radical (unpaired) electrons. The van der Waals surface area contributed by atoms with E-state index in [1.807, 2.05) is 6.07 Å². The van der Waals surface area contributed by atoms with E-state index in [-0.39, 0.29) is 10.0 Å². The normalized spacial score (nSPS) is 12.2. The van der Waals surface area contributed by atoms with Crippen LogP contribution in [0.15, 0.2) is 40.9 Å². The molecule has 0 amide bonds. The molecule has 0 saturated carbocycles. The minimum atomic E-state index is -0.636. The number of halogens is 3. The molecule has 106 valence electrons. The zero-order valence-electron chi connectivity index (χ0n) is 11.1. The number of methoxy groups -OCH3 is 1. The second kappa shape index (κ2) is 6.33. The standard InChI is InChI=1S/C15H14BrF2NO/c1-19-15(9-5-3-4-6-12(9)20-2)13-11(17)8-7-10(16)14(13)18/h3-8,15,19H,1-2H3. The van der Waals surface area contributed by atoms with E-state index in [0.717, 1.165) is 0 Å². The maximum atomic E-state index is 14.3. The molecule has 1 atom stereocenters. The Labute approximate surface area is 124 Å². The van der Waals surface area contributed by atoms with Gasteiger partial charge in [0, 0.05) is 11.1 Å². The van der Waals surface area contributed by atoms with Gasteiger partial charge in [-0.2, -0.15) is 0 Å². The van der Waals surface area contributed by atoms with Crippen molar-refractivity contribution in [2.45, 2.75) is 6.04 Å². The third kappa shape index (κ3) is 2.69. The summed E-state index contributed by atoms with van der Waals surface area (Å²) in [4.78, 5) is 0. The lowest BCUT2D eigenvalue weighted by Crippen LogP contribution is -2.21. The molecular weight excluding hydrogens is 328 g/mol. The van der Waals surface area contributed by atoms with Crippen molar-refractivity contribution < 1.29 is 13.5 Å². The maximum absolute atomic E-state index is 14.3. The quantitative estimate of drug-likeness (QED) is 0.847. The van der Waals surface area contributed by atoms with Gasteiger partial charge in [-0.25, -0.2) is 8.78 Å². The number of para-hydroxylation sites is 1. The van der Waals surface area contributed by atoms with Crippen molar-refractivity contribution >= 4 is 15.9 Å². The lowest BCUT2D eigenvalue weighted by atomic mass is 9.97. The van der Waals surface area contributed by atoms with Gasteiger partial charge in [-0.3, -0.25) is 0 Å². The lowest BCUT2D eigenvalue weighted by Gasteiger charge is -2.21. The van der Waals surface area contributed by atoms with Crippen LogP contribution in [0.1, 0.15) is 17.2 Å². The van der Waals surface area contributed by atoms with Crippen LogP contribution in [0.2, 0.25) is 0 Å². The Balaban J connectivity index is 2.62. The fourth-order valence-electron chi connectivity index (χ4n) is 2.17. The van der Waals surface area contributed by atoms with E-state index >= 15 is 0 Å². The van der Waals surface area contributed by atoms with E-state index in [2.05, 4.69) is 21.2 Å². The molecule has 0 aliphatic heterocycles. The van der Waals surface area contributed by atoms with Crippen LogP contribution in [0, 0.1) is 11.6 Å². The van der Waals surface area contributed by atoms with Crippen molar-refractivity contribution in [2.75, 3.05) is 14.2 Å². The number of rotatable bonds is 4. The Morgan fingerprint density at radius 3 is 2.50 bits per heavy atom. The van der Waals surface area contributed by atoms with Crippen molar-refractivity contribution in [1.82, 2.24) is 5.32 Å². The summed E-state index contributed by atoms with van der Waals surface area (Å²) in [6, 6.07) is 9.10. The smallest absolute Gasteiger partial charge is 0.145 e. The minimum absolute atomic E-state index is 0.0358. The monoisotopic (exact) mass is 341 g/mol. The first-order valence-corrected chi connectivity index (χ1v) is 6.83. The zero-order valence-corrected chi connectivity index (χ0v) is 12.7. The predicted octanol–water partition coefficient (Wildman–Crippen LogP) is 4.04. The highest BCUT2D eigenvalue weighted by atomic mass is 79.9. The molecule has 0 bridgehead atoms. The van der Waals surface area contributed by atoms with Crippen molar-refractivity contribution in [1.29, 1.82) is 0 Å². The van der Waals surface area contributed by atoms with Crippen molar-refractivity contribution in [2.24, 2.45) is 0 Å². The summed E-state index contributed by atoms with van der Waals surface area (Å²) < 4.78 is 33.8. The van der Waals surface area contributed by atoms with Gasteiger partial charge in [-0.1, -0.05) is 18.2 Å². The summed E-state index contributed by atoms with van der Waals surface area (Å²) >= 11 is 3.09. The molecule has 2 aromatic rings. The van der Waals surface area contributed by atoms with E-state index in [1.54, 1.807) is 25.2 Å². The summed E-state index contributed by atoms with van der Waals surface area (Å²) in [6.07, 6.45) is 0. The minimum Gasteiger partial charge on any atom is -0.496 e. The van der Waals surface area contributed by atoms with Gasteiger partial charge in [0.2, 0.25) is 0 Å². The molecule has 0 saturated heterocycles. The second-order valence-electron chi connectivity index (χ2n) is 4.22. The Morgan fingerprint density at radius 2 is 1.85 bits per heavy atom. The van der Waals surface area contributed by atoms with Crippen LogP contribution in [0.4, 0.5) is 8.78 Å². The Morgan fingerprint density at radius 1 is 1.15 bits per heavy atom. The van der Waals surface area contributed by atoms with Crippen LogP contribution in [0.3, 0.4) is 0 Å². The number of hydrogen-bond donors (Lipinski definition) is 1. The molecule has 2 rings (SSSR count). The third-order valence-electron chi connectivity index (χ3n) is 3.11. The Hall–Kier alpha value is -1.46. The maximum Gasteiger partial charge on any atom is 0.145 e. The highest BCUT2D eigenvalue weighted by Crippen LogP contribution is 2.34. The lowest BCUT2D eigenvalue weighted by molar-refractivity contribution is 0.403. The van der Waals surface area contributed by atoms with Crippen LogP contribution in [-0.2, 0) is 0 Å². The summed E-state index contributed by atoms with van der Waals surface area (Å²) in [6.45, 7) is 0. The fourth-order valence-corrected chi connectivity index (χ4v) is 2.51. The molecule has 1 unspecified atom stereocenters. The molecule has 0 aliphatic carbocycles. The van der Waals surface area contributed by atoms with Crippen LogP contribution in [-0.4, -0.2) is 14.2 Å².